The maximum Gasteiger partial charge on any atom is 0.407 e. The molecule has 11 heavy (non-hydrogen) atoms. The van der Waals surface area contributed by atoms with Crippen LogP contribution in [0.4, 0.5) is 4.79 Å². The molecule has 1 N–H and O–H groups in total. The molecule has 0 bridgehead atoms. The molecule has 1 aliphatic heterocycles. The van der Waals surface area contributed by atoms with E-state index < -0.39 is 0 Å². The Morgan fingerprint density at radius 3 is 3.09 bits per heavy atom. The summed E-state index contributed by atoms with van der Waals surface area (Å²) in [5.74, 6) is 0. The molecule has 1 saturated heterocycles. The van der Waals surface area contributed by atoms with Gasteiger partial charge in [-0.05, 0) is 6.42 Å². The lowest BCUT2D eigenvalue weighted by Gasteiger charge is -2.13. The van der Waals surface area contributed by atoms with Crippen molar-refractivity contribution in [1.82, 2.24) is 5.32 Å². The van der Waals surface area contributed by atoms with Gasteiger partial charge in [0.25, 0.3) is 0 Å². The first-order valence-electron chi connectivity index (χ1n) is 3.81. The van der Waals surface area contributed by atoms with E-state index in [-0.39, 0.29) is 12.1 Å². The average Bonchev–Trinajstić information content (AvgIpc) is 2.36. The molecule has 1 heterocycles. The summed E-state index contributed by atoms with van der Waals surface area (Å²) in [6.07, 6.45) is 1.88. The number of carbonyl (C=O) groups is 1. The summed E-state index contributed by atoms with van der Waals surface area (Å²) in [6.45, 7) is 2.61. The Balaban J connectivity index is 2.30. The van der Waals surface area contributed by atoms with Crippen LogP contribution in [-0.4, -0.2) is 23.6 Å². The summed E-state index contributed by atoms with van der Waals surface area (Å²) in [5, 5.41) is 2.73. The van der Waals surface area contributed by atoms with E-state index in [2.05, 4.69) is 28.2 Å². The maximum atomic E-state index is 10.6. The van der Waals surface area contributed by atoms with Crippen LogP contribution in [0.2, 0.25) is 0 Å². The average molecular weight is 222 g/mol. The zero-order valence-electron chi connectivity index (χ0n) is 6.47. The second-order valence-electron chi connectivity index (χ2n) is 2.65. The summed E-state index contributed by atoms with van der Waals surface area (Å²) in [4.78, 5) is 11.0. The molecule has 1 amide bonds. The minimum atomic E-state index is -0.296. The smallest absolute Gasteiger partial charge is 0.407 e. The second kappa shape index (κ2) is 3.95. The standard InChI is InChI=1S/C7H12BrNO2/c1-2-3-5(8)6-4-11-7(10)9-6/h5-6H,2-4H2,1H3,(H,9,10)/t5-,6+/m0/s1. The van der Waals surface area contributed by atoms with E-state index in [1.54, 1.807) is 0 Å². The zero-order chi connectivity index (χ0) is 8.27. The number of amides is 1. The van der Waals surface area contributed by atoms with Gasteiger partial charge in [0.2, 0.25) is 0 Å². The minimum Gasteiger partial charge on any atom is -0.447 e. The molecule has 0 unspecified atom stereocenters. The first kappa shape index (κ1) is 8.84. The summed E-state index contributed by atoms with van der Waals surface area (Å²) < 4.78 is 4.75. The van der Waals surface area contributed by atoms with Gasteiger partial charge in [0.05, 0.1) is 6.04 Å². The lowest BCUT2D eigenvalue weighted by molar-refractivity contribution is 0.176. The van der Waals surface area contributed by atoms with Crippen LogP contribution in [0.15, 0.2) is 0 Å². The first-order chi connectivity index (χ1) is 5.24. The number of alkyl halides is 1. The summed E-state index contributed by atoms with van der Waals surface area (Å²) in [6, 6.07) is 0.155. The number of alkyl carbamates (subject to hydrolysis) is 1. The van der Waals surface area contributed by atoms with Crippen LogP contribution in [0.5, 0.6) is 0 Å². The molecule has 0 spiro atoms. The molecule has 0 aliphatic carbocycles. The van der Waals surface area contributed by atoms with Gasteiger partial charge in [0.15, 0.2) is 0 Å². The van der Waals surface area contributed by atoms with Crippen LogP contribution in [0, 0.1) is 0 Å². The number of rotatable bonds is 3. The lowest BCUT2D eigenvalue weighted by atomic mass is 10.1. The molecule has 64 valence electrons. The SMILES string of the molecule is CCC[C@H](Br)[C@H]1COC(=O)N1. The van der Waals surface area contributed by atoms with Crippen LogP contribution in [0.1, 0.15) is 19.8 Å². The molecule has 1 fully saturated rings. The van der Waals surface area contributed by atoms with E-state index in [0.29, 0.717) is 11.4 Å². The fourth-order valence-electron chi connectivity index (χ4n) is 1.07. The number of nitrogens with one attached hydrogen (secondary N) is 1. The number of hydrogen-bond acceptors (Lipinski definition) is 2. The van der Waals surface area contributed by atoms with E-state index in [1.807, 2.05) is 0 Å². The van der Waals surface area contributed by atoms with Crippen molar-refractivity contribution < 1.29 is 9.53 Å². The van der Waals surface area contributed by atoms with E-state index in [1.165, 1.54) is 0 Å². The Kier molecular flexibility index (Phi) is 3.17. The Hall–Kier alpha value is -0.250. The molecule has 3 nitrogen and oxygen atoms in total. The number of hydrogen-bond donors (Lipinski definition) is 1. The van der Waals surface area contributed by atoms with Gasteiger partial charge in [-0.3, -0.25) is 0 Å². The Bertz CT molecular complexity index is 151. The predicted molar refractivity (Wildman–Crippen MR) is 45.9 cm³/mol. The van der Waals surface area contributed by atoms with Gasteiger partial charge in [0, 0.05) is 4.83 Å². The topological polar surface area (TPSA) is 38.3 Å². The highest BCUT2D eigenvalue weighted by atomic mass is 79.9. The third-order valence-corrected chi connectivity index (χ3v) is 2.79. The Labute approximate surface area is 74.6 Å². The summed E-state index contributed by atoms with van der Waals surface area (Å²) in [7, 11) is 0. The van der Waals surface area contributed by atoms with Crippen molar-refractivity contribution >= 4 is 22.0 Å². The normalized spacial score (nSPS) is 26.0. The first-order valence-corrected chi connectivity index (χ1v) is 4.73. The fraction of sp³-hybridized carbons (Fsp3) is 0.857. The summed E-state index contributed by atoms with van der Waals surface area (Å²) in [5.41, 5.74) is 0. The highest BCUT2D eigenvalue weighted by Crippen LogP contribution is 2.15. The van der Waals surface area contributed by atoms with Gasteiger partial charge in [0.1, 0.15) is 6.61 Å². The van der Waals surface area contributed by atoms with Gasteiger partial charge in [-0.15, -0.1) is 0 Å². The fourth-order valence-corrected chi connectivity index (χ4v) is 1.81. The molecule has 0 radical (unpaired) electrons. The molecule has 4 heteroatoms. The number of ether oxygens (including phenoxy) is 1. The van der Waals surface area contributed by atoms with Crippen molar-refractivity contribution in [2.24, 2.45) is 0 Å². The maximum absolute atomic E-state index is 10.6. The molecular weight excluding hydrogens is 210 g/mol. The van der Waals surface area contributed by atoms with Crippen LogP contribution in [0.25, 0.3) is 0 Å². The van der Waals surface area contributed by atoms with Crippen molar-refractivity contribution in [3.05, 3.63) is 0 Å². The van der Waals surface area contributed by atoms with Gasteiger partial charge < -0.3 is 10.1 Å². The molecule has 1 aliphatic rings. The number of halogens is 1. The molecular formula is C7H12BrNO2. The lowest BCUT2D eigenvalue weighted by Crippen LogP contribution is -2.34. The molecule has 0 aromatic carbocycles. The van der Waals surface area contributed by atoms with Crippen molar-refractivity contribution in [1.29, 1.82) is 0 Å². The van der Waals surface area contributed by atoms with Gasteiger partial charge in [-0.2, -0.15) is 0 Å². The van der Waals surface area contributed by atoms with Crippen LogP contribution in [0.3, 0.4) is 0 Å². The molecule has 0 aromatic heterocycles. The van der Waals surface area contributed by atoms with Gasteiger partial charge in [-0.25, -0.2) is 4.79 Å². The largest absolute Gasteiger partial charge is 0.447 e. The minimum absolute atomic E-state index is 0.155. The van der Waals surface area contributed by atoms with E-state index >= 15 is 0 Å². The van der Waals surface area contributed by atoms with Crippen LogP contribution in [-0.2, 0) is 4.74 Å². The third kappa shape index (κ3) is 2.36. The number of carbonyl (C=O) groups excluding carboxylic acids is 1. The van der Waals surface area contributed by atoms with Crippen LogP contribution >= 0.6 is 15.9 Å². The van der Waals surface area contributed by atoms with Gasteiger partial charge in [-0.1, -0.05) is 29.3 Å². The van der Waals surface area contributed by atoms with E-state index in [9.17, 15) is 4.79 Å². The molecule has 1 rings (SSSR count). The molecule has 2 atom stereocenters. The highest BCUT2D eigenvalue weighted by Gasteiger charge is 2.27. The van der Waals surface area contributed by atoms with E-state index in [4.69, 9.17) is 4.74 Å². The molecule has 0 saturated carbocycles. The zero-order valence-corrected chi connectivity index (χ0v) is 8.06. The Morgan fingerprint density at radius 2 is 2.64 bits per heavy atom. The third-order valence-electron chi connectivity index (χ3n) is 1.70. The second-order valence-corrected chi connectivity index (χ2v) is 3.83. The van der Waals surface area contributed by atoms with E-state index in [0.717, 1.165) is 12.8 Å². The monoisotopic (exact) mass is 221 g/mol. The Morgan fingerprint density at radius 1 is 1.91 bits per heavy atom. The highest BCUT2D eigenvalue weighted by molar-refractivity contribution is 9.09. The number of cyclic esters (lactones) is 1. The predicted octanol–water partition coefficient (Wildman–Crippen LogP) is 1.66. The van der Waals surface area contributed by atoms with Crippen molar-refractivity contribution in [3.63, 3.8) is 0 Å². The van der Waals surface area contributed by atoms with Gasteiger partial charge >= 0.3 is 6.09 Å². The van der Waals surface area contributed by atoms with Crippen molar-refractivity contribution in [2.75, 3.05) is 6.61 Å². The summed E-state index contributed by atoms with van der Waals surface area (Å²) >= 11 is 3.50. The van der Waals surface area contributed by atoms with Crippen molar-refractivity contribution in [2.45, 2.75) is 30.6 Å². The van der Waals surface area contributed by atoms with Crippen molar-refractivity contribution in [3.8, 4) is 0 Å². The molecule has 0 aromatic rings. The quantitative estimate of drug-likeness (QED) is 0.737. The van der Waals surface area contributed by atoms with Crippen LogP contribution < -0.4 is 5.32 Å².